The minimum Gasteiger partial charge on any atom is -0.308 e. The van der Waals surface area contributed by atoms with Crippen LogP contribution in [0.2, 0.25) is 0 Å². The van der Waals surface area contributed by atoms with Crippen LogP contribution in [0, 0.1) is 12.8 Å². The summed E-state index contributed by atoms with van der Waals surface area (Å²) in [6.45, 7) is 12.3. The molecule has 0 heterocycles. The van der Waals surface area contributed by atoms with Crippen molar-refractivity contribution in [2.45, 2.75) is 82.5 Å². The lowest BCUT2D eigenvalue weighted by Gasteiger charge is -2.26. The van der Waals surface area contributed by atoms with E-state index in [1.54, 1.807) is 0 Å². The standard InChI is InChI=1S/C19H31NS/c1-14-7-6-8-17(11-14)21-18-10-9-16(15(2)12-18)13-20-19(3,4)5/h9-10,12,14,17,20H,6-8,11,13H2,1-5H3. The van der Waals surface area contributed by atoms with E-state index in [9.17, 15) is 0 Å². The van der Waals surface area contributed by atoms with Gasteiger partial charge in [-0.3, -0.25) is 0 Å². The van der Waals surface area contributed by atoms with Gasteiger partial charge in [-0.1, -0.05) is 25.8 Å². The van der Waals surface area contributed by atoms with Crippen molar-refractivity contribution in [1.29, 1.82) is 0 Å². The zero-order chi connectivity index (χ0) is 15.5. The van der Waals surface area contributed by atoms with E-state index in [-0.39, 0.29) is 5.54 Å². The Balaban J connectivity index is 1.95. The number of aryl methyl sites for hydroxylation is 1. The Morgan fingerprint density at radius 1 is 1.24 bits per heavy atom. The molecule has 0 saturated heterocycles. The molecule has 2 atom stereocenters. The summed E-state index contributed by atoms with van der Waals surface area (Å²) in [5.41, 5.74) is 3.02. The molecule has 1 fully saturated rings. The van der Waals surface area contributed by atoms with Crippen molar-refractivity contribution >= 4 is 11.8 Å². The molecule has 0 aromatic heterocycles. The normalized spacial score (nSPS) is 23.3. The lowest BCUT2D eigenvalue weighted by Crippen LogP contribution is -2.35. The maximum absolute atomic E-state index is 3.58. The van der Waals surface area contributed by atoms with Crippen molar-refractivity contribution in [2.24, 2.45) is 5.92 Å². The van der Waals surface area contributed by atoms with Gasteiger partial charge in [0.1, 0.15) is 0 Å². The number of nitrogens with one attached hydrogen (secondary N) is 1. The highest BCUT2D eigenvalue weighted by molar-refractivity contribution is 8.00. The predicted molar refractivity (Wildman–Crippen MR) is 95.0 cm³/mol. The van der Waals surface area contributed by atoms with Crippen LogP contribution < -0.4 is 5.32 Å². The molecule has 21 heavy (non-hydrogen) atoms. The largest absolute Gasteiger partial charge is 0.308 e. The van der Waals surface area contributed by atoms with E-state index in [2.05, 4.69) is 69.9 Å². The van der Waals surface area contributed by atoms with Gasteiger partial charge in [-0.2, -0.15) is 0 Å². The first-order valence-corrected chi connectivity index (χ1v) is 9.22. The molecular weight excluding hydrogens is 274 g/mol. The molecule has 1 N–H and O–H groups in total. The van der Waals surface area contributed by atoms with Gasteiger partial charge in [0.2, 0.25) is 0 Å². The molecule has 1 aliphatic rings. The molecule has 0 radical (unpaired) electrons. The van der Waals surface area contributed by atoms with Gasteiger partial charge < -0.3 is 5.32 Å². The Kier molecular flexibility index (Phi) is 5.79. The van der Waals surface area contributed by atoms with Gasteiger partial charge in [-0.15, -0.1) is 11.8 Å². The summed E-state index contributed by atoms with van der Waals surface area (Å²) < 4.78 is 0. The third-order valence-electron chi connectivity index (χ3n) is 4.31. The molecule has 0 bridgehead atoms. The lowest BCUT2D eigenvalue weighted by atomic mass is 9.91. The molecule has 1 aliphatic carbocycles. The third-order valence-corrected chi connectivity index (χ3v) is 5.60. The Hall–Kier alpha value is -0.470. The van der Waals surface area contributed by atoms with Crippen LogP contribution in [-0.2, 0) is 6.54 Å². The van der Waals surface area contributed by atoms with Crippen molar-refractivity contribution in [2.75, 3.05) is 0 Å². The number of thioether (sulfide) groups is 1. The molecule has 2 unspecified atom stereocenters. The zero-order valence-electron chi connectivity index (χ0n) is 14.3. The monoisotopic (exact) mass is 305 g/mol. The molecule has 1 aromatic rings. The minimum absolute atomic E-state index is 0.179. The van der Waals surface area contributed by atoms with Crippen LogP contribution in [0.4, 0.5) is 0 Å². The van der Waals surface area contributed by atoms with Gasteiger partial charge in [0.25, 0.3) is 0 Å². The Morgan fingerprint density at radius 2 is 2.00 bits per heavy atom. The van der Waals surface area contributed by atoms with Gasteiger partial charge >= 0.3 is 0 Å². The molecule has 118 valence electrons. The maximum Gasteiger partial charge on any atom is 0.0212 e. The summed E-state index contributed by atoms with van der Waals surface area (Å²) in [4.78, 5) is 1.45. The van der Waals surface area contributed by atoms with Crippen LogP contribution in [-0.4, -0.2) is 10.8 Å². The summed E-state index contributed by atoms with van der Waals surface area (Å²) in [7, 11) is 0. The van der Waals surface area contributed by atoms with E-state index < -0.39 is 0 Å². The first-order valence-electron chi connectivity index (χ1n) is 8.35. The predicted octanol–water partition coefficient (Wildman–Crippen LogP) is 5.55. The molecule has 0 spiro atoms. The fourth-order valence-corrected chi connectivity index (χ4v) is 4.46. The second-order valence-electron chi connectivity index (χ2n) is 7.70. The van der Waals surface area contributed by atoms with E-state index in [1.165, 1.54) is 41.7 Å². The lowest BCUT2D eigenvalue weighted by molar-refractivity contribution is 0.394. The van der Waals surface area contributed by atoms with Crippen LogP contribution >= 0.6 is 11.8 Å². The van der Waals surface area contributed by atoms with Gasteiger partial charge in [0.15, 0.2) is 0 Å². The summed E-state index contributed by atoms with van der Waals surface area (Å²) in [5, 5.41) is 4.40. The molecular formula is C19H31NS. The second-order valence-corrected chi connectivity index (χ2v) is 9.08. The number of benzene rings is 1. The fraction of sp³-hybridized carbons (Fsp3) is 0.684. The topological polar surface area (TPSA) is 12.0 Å². The summed E-state index contributed by atoms with van der Waals surface area (Å²) >= 11 is 2.09. The first kappa shape index (κ1) is 16.9. The molecule has 2 rings (SSSR count). The highest BCUT2D eigenvalue weighted by Crippen LogP contribution is 2.36. The number of rotatable bonds is 4. The van der Waals surface area contributed by atoms with Gasteiger partial charge in [-0.25, -0.2) is 0 Å². The van der Waals surface area contributed by atoms with Crippen LogP contribution in [0.5, 0.6) is 0 Å². The van der Waals surface area contributed by atoms with Crippen molar-refractivity contribution in [3.8, 4) is 0 Å². The van der Waals surface area contributed by atoms with Gasteiger partial charge in [0, 0.05) is 22.2 Å². The van der Waals surface area contributed by atoms with E-state index in [4.69, 9.17) is 0 Å². The van der Waals surface area contributed by atoms with Gasteiger partial charge in [-0.05, 0) is 69.7 Å². The van der Waals surface area contributed by atoms with E-state index in [0.29, 0.717) is 0 Å². The fourth-order valence-electron chi connectivity index (χ4n) is 2.98. The quantitative estimate of drug-likeness (QED) is 0.782. The SMILES string of the molecule is Cc1cc(SC2CCCC(C)C2)ccc1CNC(C)(C)C. The summed E-state index contributed by atoms with van der Waals surface area (Å²) in [6, 6.07) is 7.00. The molecule has 1 aromatic carbocycles. The van der Waals surface area contributed by atoms with E-state index in [0.717, 1.165) is 17.7 Å². The molecule has 2 heteroatoms. The molecule has 0 amide bonds. The molecule has 0 aliphatic heterocycles. The van der Waals surface area contributed by atoms with E-state index >= 15 is 0 Å². The van der Waals surface area contributed by atoms with E-state index in [1.807, 2.05) is 0 Å². The van der Waals surface area contributed by atoms with Crippen molar-refractivity contribution in [3.63, 3.8) is 0 Å². The number of hydrogen-bond acceptors (Lipinski definition) is 2. The van der Waals surface area contributed by atoms with Crippen molar-refractivity contribution in [1.82, 2.24) is 5.32 Å². The smallest absolute Gasteiger partial charge is 0.0212 e. The van der Waals surface area contributed by atoms with Crippen LogP contribution in [0.1, 0.15) is 64.5 Å². The zero-order valence-corrected chi connectivity index (χ0v) is 15.1. The average molecular weight is 306 g/mol. The van der Waals surface area contributed by atoms with Crippen LogP contribution in [0.3, 0.4) is 0 Å². The van der Waals surface area contributed by atoms with Crippen LogP contribution in [0.15, 0.2) is 23.1 Å². The third kappa shape index (κ3) is 5.67. The highest BCUT2D eigenvalue weighted by Gasteiger charge is 2.20. The summed E-state index contributed by atoms with van der Waals surface area (Å²) in [6.07, 6.45) is 5.61. The summed E-state index contributed by atoms with van der Waals surface area (Å²) in [5.74, 6) is 0.910. The van der Waals surface area contributed by atoms with Crippen LogP contribution in [0.25, 0.3) is 0 Å². The highest BCUT2D eigenvalue weighted by atomic mass is 32.2. The second kappa shape index (κ2) is 7.19. The maximum atomic E-state index is 3.58. The minimum atomic E-state index is 0.179. The Bertz CT molecular complexity index is 461. The Labute approximate surface area is 135 Å². The number of hydrogen-bond donors (Lipinski definition) is 1. The first-order chi connectivity index (χ1) is 9.83. The molecule has 1 nitrogen and oxygen atoms in total. The Morgan fingerprint density at radius 3 is 2.62 bits per heavy atom. The van der Waals surface area contributed by atoms with Crippen molar-refractivity contribution in [3.05, 3.63) is 29.3 Å². The average Bonchev–Trinajstić information content (AvgIpc) is 2.36. The molecule has 1 saturated carbocycles. The van der Waals surface area contributed by atoms with Crippen molar-refractivity contribution < 1.29 is 0 Å². The van der Waals surface area contributed by atoms with Gasteiger partial charge in [0.05, 0.1) is 0 Å².